The van der Waals surface area contributed by atoms with Gasteiger partial charge in [-0.2, -0.15) is 0 Å². The summed E-state index contributed by atoms with van der Waals surface area (Å²) in [5.74, 6) is 0.0338. The lowest BCUT2D eigenvalue weighted by Gasteiger charge is -2.27. The minimum absolute atomic E-state index is 0.0170. The molecule has 0 spiro atoms. The summed E-state index contributed by atoms with van der Waals surface area (Å²) in [7, 11) is 0. The van der Waals surface area contributed by atoms with Crippen molar-refractivity contribution in [2.75, 3.05) is 13.1 Å². The van der Waals surface area contributed by atoms with Gasteiger partial charge in [0.2, 0.25) is 11.8 Å². The monoisotopic (exact) mass is 226 g/mol. The van der Waals surface area contributed by atoms with E-state index >= 15 is 0 Å². The fraction of sp³-hybridized carbons (Fsp3) is 0.833. The van der Waals surface area contributed by atoms with Crippen LogP contribution in [0.25, 0.3) is 0 Å². The largest absolute Gasteiger partial charge is 0.347 e. The predicted molar refractivity (Wildman–Crippen MR) is 62.9 cm³/mol. The summed E-state index contributed by atoms with van der Waals surface area (Å²) in [5.41, 5.74) is 0. The molecule has 1 saturated heterocycles. The fourth-order valence-corrected chi connectivity index (χ4v) is 2.02. The third kappa shape index (κ3) is 3.83. The molecule has 4 heteroatoms. The number of amides is 2. The number of nitrogens with zero attached hydrogens (tertiary/aromatic N) is 1. The van der Waals surface area contributed by atoms with E-state index in [2.05, 4.69) is 19.2 Å². The molecular weight excluding hydrogens is 204 g/mol. The van der Waals surface area contributed by atoms with Crippen LogP contribution in [-0.4, -0.2) is 35.8 Å². The van der Waals surface area contributed by atoms with Crippen LogP contribution in [0.4, 0.5) is 0 Å². The highest BCUT2D eigenvalue weighted by Crippen LogP contribution is 2.11. The third-order valence-corrected chi connectivity index (χ3v) is 3.09. The van der Waals surface area contributed by atoms with Crippen LogP contribution in [0.15, 0.2) is 0 Å². The molecule has 1 aliphatic heterocycles. The van der Waals surface area contributed by atoms with Gasteiger partial charge in [0.1, 0.15) is 0 Å². The molecule has 0 aromatic carbocycles. The molecule has 0 aliphatic carbocycles. The highest BCUT2D eigenvalue weighted by molar-refractivity contribution is 5.87. The fourth-order valence-electron chi connectivity index (χ4n) is 2.02. The van der Waals surface area contributed by atoms with Crippen molar-refractivity contribution in [3.63, 3.8) is 0 Å². The number of hydrogen-bond acceptors (Lipinski definition) is 2. The molecule has 4 nitrogen and oxygen atoms in total. The van der Waals surface area contributed by atoms with Gasteiger partial charge in [-0.05, 0) is 13.3 Å². The number of nitrogens with one attached hydrogen (secondary N) is 1. The summed E-state index contributed by atoms with van der Waals surface area (Å²) in [6, 6.07) is 0.256. The van der Waals surface area contributed by atoms with E-state index in [9.17, 15) is 9.59 Å². The summed E-state index contributed by atoms with van der Waals surface area (Å²) in [6.07, 6.45) is 5.03. The second-order valence-corrected chi connectivity index (χ2v) is 4.46. The molecule has 1 atom stereocenters. The summed E-state index contributed by atoms with van der Waals surface area (Å²) in [6.45, 7) is 4.97. The molecule has 92 valence electrons. The smallest absolute Gasteiger partial charge is 0.242 e. The maximum atomic E-state index is 11.7. The van der Waals surface area contributed by atoms with Crippen molar-refractivity contribution in [2.24, 2.45) is 0 Å². The first-order chi connectivity index (χ1) is 7.65. The Labute approximate surface area is 97.4 Å². The van der Waals surface area contributed by atoms with Crippen LogP contribution >= 0.6 is 0 Å². The van der Waals surface area contributed by atoms with Crippen LogP contribution < -0.4 is 5.32 Å². The first-order valence-electron chi connectivity index (χ1n) is 6.21. The summed E-state index contributed by atoms with van der Waals surface area (Å²) >= 11 is 0. The van der Waals surface area contributed by atoms with Crippen molar-refractivity contribution < 1.29 is 9.59 Å². The quantitative estimate of drug-likeness (QED) is 0.718. The molecule has 1 heterocycles. The van der Waals surface area contributed by atoms with Crippen LogP contribution in [0.5, 0.6) is 0 Å². The lowest BCUT2D eigenvalue weighted by Crippen LogP contribution is -2.41. The van der Waals surface area contributed by atoms with Gasteiger partial charge in [0.15, 0.2) is 0 Å². The summed E-state index contributed by atoms with van der Waals surface area (Å²) in [5, 5.41) is 2.62. The Balaban J connectivity index is 2.43. The van der Waals surface area contributed by atoms with Gasteiger partial charge in [0.05, 0.1) is 6.54 Å². The van der Waals surface area contributed by atoms with E-state index in [-0.39, 0.29) is 24.4 Å². The molecule has 0 bridgehead atoms. The molecule has 1 N–H and O–H groups in total. The van der Waals surface area contributed by atoms with Crippen molar-refractivity contribution in [1.29, 1.82) is 0 Å². The third-order valence-electron chi connectivity index (χ3n) is 3.09. The van der Waals surface area contributed by atoms with Crippen LogP contribution in [0.1, 0.15) is 46.0 Å². The molecule has 0 saturated carbocycles. The molecule has 0 aromatic heterocycles. The Kier molecular flexibility index (Phi) is 5.29. The molecule has 0 radical (unpaired) electrons. The van der Waals surface area contributed by atoms with Crippen LogP contribution in [-0.2, 0) is 9.59 Å². The second kappa shape index (κ2) is 6.51. The molecule has 16 heavy (non-hydrogen) atoms. The Hall–Kier alpha value is -1.06. The van der Waals surface area contributed by atoms with Crippen molar-refractivity contribution in [3.8, 4) is 0 Å². The zero-order chi connectivity index (χ0) is 12.0. The average molecular weight is 226 g/mol. The predicted octanol–water partition coefficient (Wildman–Crippen LogP) is 1.30. The van der Waals surface area contributed by atoms with Gasteiger partial charge in [-0.1, -0.05) is 26.2 Å². The lowest BCUT2D eigenvalue weighted by molar-refractivity contribution is -0.132. The lowest BCUT2D eigenvalue weighted by atomic mass is 10.1. The normalized spacial score (nSPS) is 19.2. The maximum Gasteiger partial charge on any atom is 0.242 e. The molecular formula is C12H22N2O2. The molecule has 2 amide bonds. The van der Waals surface area contributed by atoms with Gasteiger partial charge in [0.25, 0.3) is 0 Å². The van der Waals surface area contributed by atoms with Crippen molar-refractivity contribution in [1.82, 2.24) is 10.2 Å². The first-order valence-corrected chi connectivity index (χ1v) is 6.21. The highest BCUT2D eigenvalue weighted by atomic mass is 16.2. The van der Waals surface area contributed by atoms with Gasteiger partial charge >= 0.3 is 0 Å². The SMILES string of the molecule is CCCCCC(C)N1CCC(=O)NCC1=O. The van der Waals surface area contributed by atoms with Crippen molar-refractivity contribution in [3.05, 3.63) is 0 Å². The Morgan fingerprint density at radius 1 is 1.38 bits per heavy atom. The van der Waals surface area contributed by atoms with Gasteiger partial charge in [-0.15, -0.1) is 0 Å². The highest BCUT2D eigenvalue weighted by Gasteiger charge is 2.23. The first kappa shape index (κ1) is 13.0. The number of carbonyl (C=O) groups excluding carboxylic acids is 2. The van der Waals surface area contributed by atoms with Crippen molar-refractivity contribution in [2.45, 2.75) is 52.0 Å². The molecule has 1 fully saturated rings. The zero-order valence-corrected chi connectivity index (χ0v) is 10.3. The van der Waals surface area contributed by atoms with E-state index in [0.717, 1.165) is 12.8 Å². The number of hydrogen-bond donors (Lipinski definition) is 1. The Morgan fingerprint density at radius 3 is 2.81 bits per heavy atom. The van der Waals surface area contributed by atoms with E-state index in [0.29, 0.717) is 13.0 Å². The minimum Gasteiger partial charge on any atom is -0.347 e. The van der Waals surface area contributed by atoms with E-state index in [1.54, 1.807) is 0 Å². The summed E-state index contributed by atoms with van der Waals surface area (Å²) in [4.78, 5) is 24.8. The van der Waals surface area contributed by atoms with E-state index in [4.69, 9.17) is 0 Å². The Bertz CT molecular complexity index is 253. The van der Waals surface area contributed by atoms with Gasteiger partial charge in [-0.3, -0.25) is 9.59 Å². The van der Waals surface area contributed by atoms with Crippen molar-refractivity contribution >= 4 is 11.8 Å². The Morgan fingerprint density at radius 2 is 2.12 bits per heavy atom. The molecule has 1 unspecified atom stereocenters. The van der Waals surface area contributed by atoms with Crippen LogP contribution in [0.2, 0.25) is 0 Å². The van der Waals surface area contributed by atoms with Crippen LogP contribution in [0.3, 0.4) is 0 Å². The number of rotatable bonds is 5. The van der Waals surface area contributed by atoms with E-state index in [1.165, 1.54) is 12.8 Å². The molecule has 0 aromatic rings. The standard InChI is InChI=1S/C12H22N2O2/c1-3-4-5-6-10(2)14-8-7-11(15)13-9-12(14)16/h10H,3-9H2,1-2H3,(H,13,15). The number of unbranched alkanes of at least 4 members (excludes halogenated alkanes) is 2. The van der Waals surface area contributed by atoms with Crippen LogP contribution in [0, 0.1) is 0 Å². The average Bonchev–Trinajstić information content (AvgIpc) is 2.42. The maximum absolute atomic E-state index is 11.7. The number of carbonyl (C=O) groups is 2. The zero-order valence-electron chi connectivity index (χ0n) is 10.3. The minimum atomic E-state index is -0.0170. The second-order valence-electron chi connectivity index (χ2n) is 4.46. The summed E-state index contributed by atoms with van der Waals surface area (Å²) < 4.78 is 0. The van der Waals surface area contributed by atoms with Gasteiger partial charge in [-0.25, -0.2) is 0 Å². The molecule has 1 aliphatic rings. The van der Waals surface area contributed by atoms with Gasteiger partial charge < -0.3 is 10.2 Å². The topological polar surface area (TPSA) is 49.4 Å². The van der Waals surface area contributed by atoms with E-state index in [1.807, 2.05) is 4.90 Å². The van der Waals surface area contributed by atoms with Gasteiger partial charge in [0, 0.05) is 19.0 Å². The molecule has 1 rings (SSSR count). The van der Waals surface area contributed by atoms with E-state index < -0.39 is 0 Å².